The molecule has 0 aliphatic rings. The fourth-order valence-corrected chi connectivity index (χ4v) is 3.06. The van der Waals surface area contributed by atoms with Crippen LogP contribution in [0.15, 0.2) is 29.3 Å². The summed E-state index contributed by atoms with van der Waals surface area (Å²) in [4.78, 5) is 9.05. The summed E-state index contributed by atoms with van der Waals surface area (Å²) in [6, 6.07) is 9.00. The predicted molar refractivity (Wildman–Crippen MR) is 129 cm³/mol. The number of halogens is 1. The van der Waals surface area contributed by atoms with Crippen molar-refractivity contribution in [1.29, 1.82) is 0 Å². The molecule has 0 aliphatic heterocycles. The first-order chi connectivity index (χ1) is 12.5. The molecule has 0 saturated carbocycles. The second kappa shape index (κ2) is 15.1. The van der Waals surface area contributed by atoms with Crippen molar-refractivity contribution >= 4 is 29.9 Å². The minimum atomic E-state index is 0. The van der Waals surface area contributed by atoms with E-state index < -0.39 is 0 Å². The zero-order valence-corrected chi connectivity index (χ0v) is 20.4. The first-order valence-corrected chi connectivity index (χ1v) is 9.91. The van der Waals surface area contributed by atoms with Gasteiger partial charge in [-0.2, -0.15) is 0 Å². The van der Waals surface area contributed by atoms with Crippen LogP contribution in [0.4, 0.5) is 0 Å². The number of guanidine groups is 1. The smallest absolute Gasteiger partial charge is 0.191 e. The van der Waals surface area contributed by atoms with E-state index in [0.717, 1.165) is 38.6 Å². The molecular weight excluding hydrogens is 449 g/mol. The molecule has 2 N–H and O–H groups in total. The Morgan fingerprint density at radius 1 is 1.11 bits per heavy atom. The first kappa shape index (κ1) is 26.1. The van der Waals surface area contributed by atoms with Gasteiger partial charge in [0.15, 0.2) is 5.96 Å². The monoisotopic (exact) mass is 489 g/mol. The molecule has 0 saturated heterocycles. The first-order valence-electron chi connectivity index (χ1n) is 9.91. The molecule has 0 amide bonds. The highest BCUT2D eigenvalue weighted by Gasteiger charge is 2.08. The number of benzene rings is 1. The van der Waals surface area contributed by atoms with Crippen LogP contribution < -0.4 is 10.6 Å². The van der Waals surface area contributed by atoms with Crippen molar-refractivity contribution in [3.63, 3.8) is 0 Å². The lowest BCUT2D eigenvalue weighted by molar-refractivity contribution is 0.292. The summed E-state index contributed by atoms with van der Waals surface area (Å²) in [7, 11) is 6.04. The van der Waals surface area contributed by atoms with Crippen molar-refractivity contribution in [3.8, 4) is 0 Å². The van der Waals surface area contributed by atoms with Crippen molar-refractivity contribution in [2.24, 2.45) is 4.99 Å². The molecule has 1 rings (SSSR count). The average molecular weight is 489 g/mol. The molecule has 0 spiro atoms. The molecule has 5 nitrogen and oxygen atoms in total. The summed E-state index contributed by atoms with van der Waals surface area (Å²) < 4.78 is 0. The van der Waals surface area contributed by atoms with Crippen LogP contribution in [0.3, 0.4) is 0 Å². The Bertz CT molecular complexity index is 529. The van der Waals surface area contributed by atoms with E-state index >= 15 is 0 Å². The zero-order valence-electron chi connectivity index (χ0n) is 18.1. The van der Waals surface area contributed by atoms with Crippen LogP contribution in [-0.4, -0.2) is 62.6 Å². The minimum absolute atomic E-state index is 0. The highest BCUT2D eigenvalue weighted by Crippen LogP contribution is 2.10. The van der Waals surface area contributed by atoms with Crippen LogP contribution in [0.1, 0.15) is 44.7 Å². The molecule has 27 heavy (non-hydrogen) atoms. The molecule has 0 aliphatic carbocycles. The molecule has 1 aromatic rings. The van der Waals surface area contributed by atoms with Gasteiger partial charge in [-0.25, -0.2) is 0 Å². The molecule has 0 bridgehead atoms. The zero-order chi connectivity index (χ0) is 19.4. The largest absolute Gasteiger partial charge is 0.354 e. The standard InChI is InChI=1S/C21H39N5.HI/c1-7-26(8-2)15-11-12-18(3)24-21(22-4)23-16-19-13-9-10-14-20(19)17-25(5)6;/h9-10,13-14,18H,7-8,11-12,15-17H2,1-6H3,(H2,22,23,24);1H. The number of rotatable bonds is 11. The van der Waals surface area contributed by atoms with Gasteiger partial charge in [0.05, 0.1) is 0 Å². The van der Waals surface area contributed by atoms with Gasteiger partial charge in [0.1, 0.15) is 0 Å². The SMILES string of the molecule is CCN(CC)CCCC(C)NC(=NC)NCc1ccccc1CN(C)C.I. The Balaban J connectivity index is 0.00000676. The molecule has 1 atom stereocenters. The second-order valence-electron chi connectivity index (χ2n) is 7.15. The van der Waals surface area contributed by atoms with Crippen molar-refractivity contribution < 1.29 is 0 Å². The number of hydrogen-bond acceptors (Lipinski definition) is 3. The van der Waals surface area contributed by atoms with Crippen LogP contribution in [-0.2, 0) is 13.1 Å². The van der Waals surface area contributed by atoms with E-state index in [4.69, 9.17) is 0 Å². The van der Waals surface area contributed by atoms with E-state index in [1.165, 1.54) is 24.1 Å². The number of aliphatic imine (C=N–C) groups is 1. The van der Waals surface area contributed by atoms with Gasteiger partial charge in [0.2, 0.25) is 0 Å². The van der Waals surface area contributed by atoms with Crippen LogP contribution in [0.5, 0.6) is 0 Å². The lowest BCUT2D eigenvalue weighted by Gasteiger charge is -2.21. The van der Waals surface area contributed by atoms with E-state index in [1.54, 1.807) is 0 Å². The summed E-state index contributed by atoms with van der Waals surface area (Å²) in [5.74, 6) is 0.875. The van der Waals surface area contributed by atoms with E-state index in [-0.39, 0.29) is 24.0 Å². The Morgan fingerprint density at radius 3 is 2.30 bits per heavy atom. The normalized spacial score (nSPS) is 12.8. The molecule has 0 radical (unpaired) electrons. The Labute approximate surface area is 184 Å². The Hall–Kier alpha value is -0.860. The Kier molecular flexibility index (Phi) is 14.6. The molecule has 6 heteroatoms. The van der Waals surface area contributed by atoms with Gasteiger partial charge in [0.25, 0.3) is 0 Å². The molecule has 1 aromatic carbocycles. The predicted octanol–water partition coefficient (Wildman–Crippen LogP) is 3.54. The van der Waals surface area contributed by atoms with Crippen molar-refractivity contribution in [1.82, 2.24) is 20.4 Å². The second-order valence-corrected chi connectivity index (χ2v) is 7.15. The van der Waals surface area contributed by atoms with Gasteiger partial charge in [-0.05, 0) is 64.6 Å². The fourth-order valence-electron chi connectivity index (χ4n) is 3.06. The van der Waals surface area contributed by atoms with E-state index in [0.29, 0.717) is 6.04 Å². The van der Waals surface area contributed by atoms with E-state index in [2.05, 4.69) is 84.6 Å². The minimum Gasteiger partial charge on any atom is -0.354 e. The maximum absolute atomic E-state index is 4.38. The molecule has 0 aromatic heterocycles. The fraction of sp³-hybridized carbons (Fsp3) is 0.667. The average Bonchev–Trinajstić information content (AvgIpc) is 2.63. The highest BCUT2D eigenvalue weighted by atomic mass is 127. The molecule has 156 valence electrons. The number of nitrogens with one attached hydrogen (secondary N) is 2. The van der Waals surface area contributed by atoms with Crippen LogP contribution in [0, 0.1) is 0 Å². The van der Waals surface area contributed by atoms with Gasteiger partial charge >= 0.3 is 0 Å². The van der Waals surface area contributed by atoms with Gasteiger partial charge < -0.3 is 20.4 Å². The van der Waals surface area contributed by atoms with E-state index in [9.17, 15) is 0 Å². The highest BCUT2D eigenvalue weighted by molar-refractivity contribution is 14.0. The van der Waals surface area contributed by atoms with Crippen molar-refractivity contribution in [2.75, 3.05) is 40.8 Å². The van der Waals surface area contributed by atoms with Gasteiger partial charge in [-0.3, -0.25) is 4.99 Å². The maximum Gasteiger partial charge on any atom is 0.191 e. The van der Waals surface area contributed by atoms with Crippen LogP contribution in [0.2, 0.25) is 0 Å². The third-order valence-corrected chi connectivity index (χ3v) is 4.66. The summed E-state index contributed by atoms with van der Waals surface area (Å²) in [5, 5.41) is 6.98. The maximum atomic E-state index is 4.38. The summed E-state index contributed by atoms with van der Waals surface area (Å²) >= 11 is 0. The summed E-state index contributed by atoms with van der Waals surface area (Å²) in [5.41, 5.74) is 2.67. The topological polar surface area (TPSA) is 42.9 Å². The lowest BCUT2D eigenvalue weighted by Crippen LogP contribution is -2.42. The van der Waals surface area contributed by atoms with Gasteiger partial charge in [-0.15, -0.1) is 24.0 Å². The van der Waals surface area contributed by atoms with E-state index in [1.807, 2.05) is 7.05 Å². The third kappa shape index (κ3) is 10.9. The summed E-state index contributed by atoms with van der Waals surface area (Å²) in [6.07, 6.45) is 2.35. The molecule has 0 heterocycles. The van der Waals surface area contributed by atoms with Crippen molar-refractivity contribution in [2.45, 2.75) is 52.7 Å². The quantitative estimate of drug-likeness (QED) is 0.284. The molecule has 0 fully saturated rings. The number of hydrogen-bond donors (Lipinski definition) is 2. The lowest BCUT2D eigenvalue weighted by atomic mass is 10.1. The van der Waals surface area contributed by atoms with Crippen LogP contribution in [0.25, 0.3) is 0 Å². The molecular formula is C21H40IN5. The van der Waals surface area contributed by atoms with Gasteiger partial charge in [-0.1, -0.05) is 38.1 Å². The number of nitrogens with zero attached hydrogens (tertiary/aromatic N) is 3. The van der Waals surface area contributed by atoms with Gasteiger partial charge in [0, 0.05) is 26.2 Å². The summed E-state index contributed by atoms with van der Waals surface area (Å²) in [6.45, 7) is 11.9. The molecule has 1 unspecified atom stereocenters. The third-order valence-electron chi connectivity index (χ3n) is 4.66. The Morgan fingerprint density at radius 2 is 1.74 bits per heavy atom. The van der Waals surface area contributed by atoms with Crippen LogP contribution >= 0.6 is 24.0 Å². The van der Waals surface area contributed by atoms with Crippen molar-refractivity contribution in [3.05, 3.63) is 35.4 Å².